The minimum absolute atomic E-state index is 0. The van der Waals surface area contributed by atoms with Crippen LogP contribution in [0.15, 0.2) is 440 Å². The summed E-state index contributed by atoms with van der Waals surface area (Å²) in [7, 11) is 0. The number of aliphatic hydroxyl groups is 1. The molecular formula is C126H102Ir4N11O4S-2. The van der Waals surface area contributed by atoms with Gasteiger partial charge in [0.1, 0.15) is 22.7 Å². The number of carbonyl (C=O) groups excluding carboxylic acids is 1. The third-order valence-corrected chi connectivity index (χ3v) is 25.8. The van der Waals surface area contributed by atoms with Crippen LogP contribution in [0.4, 0.5) is 5.69 Å². The summed E-state index contributed by atoms with van der Waals surface area (Å²) < 4.78 is 14.3. The number of aromatic nitrogens is 10. The van der Waals surface area contributed by atoms with E-state index < -0.39 is 0 Å². The van der Waals surface area contributed by atoms with Gasteiger partial charge in [0.2, 0.25) is 0 Å². The topological polar surface area (TPSA) is 174 Å². The minimum atomic E-state index is -0.300. The Morgan fingerprint density at radius 3 is 1.39 bits per heavy atom. The van der Waals surface area contributed by atoms with E-state index in [-0.39, 0.29) is 108 Å². The number of aryl methyl sites for hydroxylation is 1. The Bertz CT molecular complexity index is 7840. The van der Waals surface area contributed by atoms with E-state index in [1.54, 1.807) is 36.1 Å². The second kappa shape index (κ2) is 50.7. The Hall–Kier alpha value is -14.7. The number of fused-ring (bicyclic) bond motifs is 10. The maximum atomic E-state index is 13.2. The van der Waals surface area contributed by atoms with E-state index in [1.807, 2.05) is 297 Å². The largest absolute Gasteiger partial charge is 3.00 e. The molecule has 0 aliphatic carbocycles. The van der Waals surface area contributed by atoms with Gasteiger partial charge in [-0.3, -0.25) is 9.78 Å². The van der Waals surface area contributed by atoms with Crippen LogP contribution in [0.5, 0.6) is 0 Å². The number of hydrogen-bond donors (Lipinski definition) is 1. The van der Waals surface area contributed by atoms with Crippen molar-refractivity contribution in [2.24, 2.45) is 0 Å². The fourth-order valence-electron chi connectivity index (χ4n) is 17.9. The van der Waals surface area contributed by atoms with Gasteiger partial charge in [0.15, 0.2) is 16.8 Å². The van der Waals surface area contributed by atoms with E-state index in [1.165, 1.54) is 86.2 Å². The number of allylic oxidation sites excluding steroid dienone is 2. The molecule has 1 N–H and O–H groups in total. The molecule has 729 valence electrons. The molecule has 146 heavy (non-hydrogen) atoms. The van der Waals surface area contributed by atoms with Crippen LogP contribution < -0.4 is 15.1 Å². The van der Waals surface area contributed by atoms with E-state index in [2.05, 4.69) is 211 Å². The average Bonchev–Trinajstić information content (AvgIpc) is 1.52. The van der Waals surface area contributed by atoms with Gasteiger partial charge in [-0.05, 0) is 176 Å². The number of imidazole rings is 2. The molecule has 0 bridgehead atoms. The summed E-state index contributed by atoms with van der Waals surface area (Å²) in [5.74, 6) is 0.857. The molecule has 15 nitrogen and oxygen atoms in total. The van der Waals surface area contributed by atoms with Crippen molar-refractivity contribution in [1.29, 1.82) is 0 Å². The molecule has 3 radical (unpaired) electrons. The predicted octanol–water partition coefficient (Wildman–Crippen LogP) is 28.9. The van der Waals surface area contributed by atoms with E-state index >= 15 is 0 Å². The van der Waals surface area contributed by atoms with Crippen LogP contribution in [0.2, 0.25) is 0 Å². The molecule has 0 fully saturated rings. The molecule has 23 aromatic rings. The number of thiazole rings is 1. The van der Waals surface area contributed by atoms with Crippen molar-refractivity contribution in [3.8, 4) is 83.9 Å². The van der Waals surface area contributed by atoms with Crippen molar-refractivity contribution in [3.05, 3.63) is 500 Å². The van der Waals surface area contributed by atoms with Crippen LogP contribution in [0.25, 0.3) is 155 Å². The molecule has 20 heteroatoms. The molecule has 0 unspecified atom stereocenters. The summed E-state index contributed by atoms with van der Waals surface area (Å²) in [4.78, 5) is 56.3. The van der Waals surface area contributed by atoms with Crippen molar-refractivity contribution in [2.45, 2.75) is 78.7 Å². The number of hydrogen-bond acceptors (Lipinski definition) is 13. The van der Waals surface area contributed by atoms with Gasteiger partial charge in [-0.15, -0.1) is 227 Å². The minimum Gasteiger partial charge on any atom is -0.512 e. The predicted molar refractivity (Wildman–Crippen MR) is 577 cm³/mol. The quantitative estimate of drug-likeness (QED) is 0.0362. The van der Waals surface area contributed by atoms with Crippen LogP contribution in [0.3, 0.4) is 0 Å². The molecule has 0 atom stereocenters. The number of aliphatic hydroxyl groups excluding tert-OH is 1. The normalized spacial score (nSPS) is 12.2. The summed E-state index contributed by atoms with van der Waals surface area (Å²) in [5, 5.41) is 14.2. The summed E-state index contributed by atoms with van der Waals surface area (Å²) >= 11 is 1.54. The second-order valence-electron chi connectivity index (χ2n) is 35.6. The standard InChI is InChI=1S/C26H26N2O2S.C20H13N2.C19H13N2.C12H10N.4C11H8N.C5H8O2.4Ir/c1-25(2)9-11-28-12-10-26(3,4)20-21(28)17(25)14-15-13-16(24(29)30-22(15)20)23-27-18-7-5-6-8-19(18)31-23;1-2-9-16-14(7-1)15-8-5-6-13-12-21-17-10-3-4-11-18(17)22(16)20(21)19(13)15;1-3-9-15(10-4-1)19-20-17-13-7-8-14-18(17)21(19)16-11-5-2-6-12-16;1-10-7-8-13-12(9-10)11-5-3-2-4-6-11;4*1-2-6-10(7-3-1)11-8-4-5-9-12-11;1-4(6)3-5(2)7;;;;/h5-8,13-14H,9-12H2,1-4H3;1-11H,12H2;1-9,11-14H;2-5,7-9H,1H3;4*1-6,8-9H;3,6H,1-2H3;;;;/q;+1;6*-1;;;;;+3. The van der Waals surface area contributed by atoms with Gasteiger partial charge < -0.3 is 43.9 Å². The first-order valence-electron chi connectivity index (χ1n) is 47.3. The van der Waals surface area contributed by atoms with Crippen molar-refractivity contribution in [2.75, 3.05) is 18.0 Å². The number of benzene rings is 13. The third-order valence-electron chi connectivity index (χ3n) is 24.7. The maximum Gasteiger partial charge on any atom is 3.00 e. The first kappa shape index (κ1) is 107. The van der Waals surface area contributed by atoms with E-state index in [4.69, 9.17) is 19.5 Å². The van der Waals surface area contributed by atoms with Crippen LogP contribution in [-0.2, 0) is 103 Å². The van der Waals surface area contributed by atoms with Crippen LogP contribution in [0, 0.1) is 43.3 Å². The SMILES string of the molecule is CC(=O)C=C(C)O.CC1(C)CCN2CCC(C)(C)c3c2c1cc1cc(-c2nc4ccccc4s2)c(=O)oc31.Cc1ccnc(-c2[c-]cccc2)c1.[Ir+3].[Ir].[Ir].[Ir].[c-]1ccccc1-c1ccccn1.[c-]1ccccc1-c1ccccn1.[c-]1ccccc1-c1ccccn1.[c-]1ccccc1-c1ccccn1.[c-]1ccccc1-c1nc2ccccc2n1-c1ccccc1.c1cc2c3c(c1)c1ccccc1n1c4ccccc4[n+](c31)C2. The van der Waals surface area contributed by atoms with Gasteiger partial charge in [-0.25, -0.2) is 14.3 Å². The Kier molecular flexibility index (Phi) is 37.1. The zero-order valence-corrected chi connectivity index (χ0v) is 91.7. The zero-order chi connectivity index (χ0) is 97.7. The summed E-state index contributed by atoms with van der Waals surface area (Å²) in [6.07, 6.45) is 12.3. The molecule has 3 aliphatic heterocycles. The molecule has 0 saturated carbocycles. The Labute approximate surface area is 909 Å². The number of para-hydroxylation sites is 7. The Balaban J connectivity index is 0.000000133. The smallest absolute Gasteiger partial charge is 0.512 e. The first-order chi connectivity index (χ1) is 69.5. The van der Waals surface area contributed by atoms with Crippen molar-refractivity contribution in [3.63, 3.8) is 0 Å². The summed E-state index contributed by atoms with van der Waals surface area (Å²) in [6.45, 7) is 17.2. The van der Waals surface area contributed by atoms with Crippen molar-refractivity contribution in [1.82, 2.24) is 43.9 Å². The van der Waals surface area contributed by atoms with Gasteiger partial charge in [0.05, 0.1) is 43.8 Å². The van der Waals surface area contributed by atoms with E-state index in [9.17, 15) is 9.59 Å². The number of rotatable bonds is 9. The van der Waals surface area contributed by atoms with Gasteiger partial charge in [-0.2, -0.15) is 4.40 Å². The van der Waals surface area contributed by atoms with E-state index in [0.717, 1.165) is 143 Å². The first-order valence-corrected chi connectivity index (χ1v) is 48.1. The number of pyridine rings is 6. The zero-order valence-electron chi connectivity index (χ0n) is 81.3. The molecule has 13 heterocycles. The van der Waals surface area contributed by atoms with Gasteiger partial charge in [-0.1, -0.05) is 179 Å². The molecular weight excluding hydrogens is 2530 g/mol. The fourth-order valence-corrected chi connectivity index (χ4v) is 18.8. The van der Waals surface area contributed by atoms with Gasteiger partial charge in [0, 0.05) is 149 Å². The van der Waals surface area contributed by atoms with Crippen molar-refractivity contribution < 1.29 is 99.3 Å². The van der Waals surface area contributed by atoms with Crippen LogP contribution >= 0.6 is 11.3 Å². The summed E-state index contributed by atoms with van der Waals surface area (Å²) in [5.41, 5.74) is 28.0. The van der Waals surface area contributed by atoms with E-state index in [0.29, 0.717) is 5.56 Å². The third kappa shape index (κ3) is 25.4. The second-order valence-corrected chi connectivity index (χ2v) is 36.6. The monoisotopic (exact) mass is 2640 g/mol. The van der Waals surface area contributed by atoms with Crippen LogP contribution in [-0.4, -0.2) is 67.8 Å². The van der Waals surface area contributed by atoms with Crippen LogP contribution in [0.1, 0.15) is 76.6 Å². The molecule has 26 rings (SSSR count). The van der Waals surface area contributed by atoms with Gasteiger partial charge in [0.25, 0.3) is 5.65 Å². The molecule has 3 aliphatic rings. The number of anilines is 1. The molecule has 0 amide bonds. The summed E-state index contributed by atoms with van der Waals surface area (Å²) in [6, 6.07) is 149. The van der Waals surface area contributed by atoms with Crippen molar-refractivity contribution >= 4 is 93.4 Å². The molecule has 0 spiro atoms. The number of carbonyl (C=O) groups is 1. The maximum absolute atomic E-state index is 13.2. The molecule has 10 aromatic heterocycles. The average molecular weight is 2640 g/mol. The molecule has 13 aromatic carbocycles. The number of nitrogens with zero attached hydrogens (tertiary/aromatic N) is 11. The Morgan fingerprint density at radius 2 is 0.897 bits per heavy atom. The fraction of sp³-hybridized carbons (Fsp3) is 0.111. The van der Waals surface area contributed by atoms with Gasteiger partial charge >= 0.3 is 25.7 Å². The molecule has 0 saturated heterocycles. The Morgan fingerprint density at radius 1 is 0.445 bits per heavy atom. The number of ketones is 1.